The molecule has 0 saturated carbocycles. The number of aliphatic imine (C=N–C) groups is 1. The molecule has 0 N–H and O–H groups in total. The Morgan fingerprint density at radius 1 is 1.70 bits per heavy atom. The molecule has 0 aliphatic heterocycles. The zero-order valence-corrected chi connectivity index (χ0v) is 6.82. The average molecular weight is 154 g/mol. The van der Waals surface area contributed by atoms with Gasteiger partial charge in [-0.2, -0.15) is 0 Å². The highest BCUT2D eigenvalue weighted by Gasteiger charge is 1.91. The minimum atomic E-state index is 0.660. The van der Waals surface area contributed by atoms with Crippen LogP contribution in [0, 0.1) is 12.3 Å². The molecule has 54 valence electrons. The van der Waals surface area contributed by atoms with Crippen LogP contribution in [0.5, 0.6) is 0 Å². The van der Waals surface area contributed by atoms with Gasteiger partial charge in [0, 0.05) is 6.54 Å². The molecule has 0 bridgehead atoms. The molecule has 0 aliphatic carbocycles. The second-order valence-electron chi connectivity index (χ2n) is 1.91. The maximum atomic E-state index is 5.08. The molecule has 10 heavy (non-hydrogen) atoms. The van der Waals surface area contributed by atoms with Crippen LogP contribution in [0.3, 0.4) is 0 Å². The Kier molecular flexibility index (Phi) is 6.00. The zero-order valence-electron chi connectivity index (χ0n) is 6.00. The van der Waals surface area contributed by atoms with Crippen molar-refractivity contribution in [2.45, 2.75) is 0 Å². The van der Waals surface area contributed by atoms with Crippen molar-refractivity contribution in [2.75, 3.05) is 26.7 Å². The highest BCUT2D eigenvalue weighted by Crippen LogP contribution is 1.79. The van der Waals surface area contributed by atoms with E-state index in [1.807, 2.05) is 11.9 Å². The summed E-state index contributed by atoms with van der Waals surface area (Å²) < 4.78 is 0. The first-order valence-electron chi connectivity index (χ1n) is 2.97. The summed E-state index contributed by atoms with van der Waals surface area (Å²) in [7, 11) is 1.94. The first kappa shape index (κ1) is 9.32. The largest absolute Gasteiger partial charge is 0.294 e. The Balaban J connectivity index is 3.31. The van der Waals surface area contributed by atoms with Gasteiger partial charge in [0.2, 0.25) is 0 Å². The lowest BCUT2D eigenvalue weighted by molar-refractivity contribution is 0.387. The summed E-state index contributed by atoms with van der Waals surface area (Å²) in [4.78, 5) is 5.74. The SMILES string of the molecule is C#CCN(C)CCN=C=S. The van der Waals surface area contributed by atoms with Crippen LogP contribution in [-0.2, 0) is 0 Å². The summed E-state index contributed by atoms with van der Waals surface area (Å²) in [5.74, 6) is 2.53. The summed E-state index contributed by atoms with van der Waals surface area (Å²) in [6.45, 7) is 2.18. The second-order valence-corrected chi connectivity index (χ2v) is 2.10. The first-order valence-corrected chi connectivity index (χ1v) is 3.37. The summed E-state index contributed by atoms with van der Waals surface area (Å²) in [6.07, 6.45) is 5.08. The van der Waals surface area contributed by atoms with Gasteiger partial charge in [0.15, 0.2) is 0 Å². The third-order valence-corrected chi connectivity index (χ3v) is 1.15. The van der Waals surface area contributed by atoms with E-state index in [4.69, 9.17) is 6.42 Å². The fourth-order valence-electron chi connectivity index (χ4n) is 0.501. The van der Waals surface area contributed by atoms with Crippen LogP contribution in [0.1, 0.15) is 0 Å². The number of rotatable bonds is 4. The van der Waals surface area contributed by atoms with Crippen LogP contribution in [0.4, 0.5) is 0 Å². The third-order valence-electron chi connectivity index (χ3n) is 1.02. The molecule has 0 fully saturated rings. The standard InChI is InChI=1S/C7H10N2S/c1-3-5-9(2)6-4-8-7-10/h1H,4-6H2,2H3. The van der Waals surface area contributed by atoms with Crippen LogP contribution >= 0.6 is 12.2 Å². The maximum Gasteiger partial charge on any atom is 0.0620 e. The van der Waals surface area contributed by atoms with Gasteiger partial charge in [0.25, 0.3) is 0 Å². The zero-order chi connectivity index (χ0) is 7.82. The Labute approximate surface area is 66.9 Å². The van der Waals surface area contributed by atoms with Gasteiger partial charge in [-0.3, -0.25) is 4.90 Å². The lowest BCUT2D eigenvalue weighted by Gasteiger charge is -2.09. The van der Waals surface area contributed by atoms with Crippen molar-refractivity contribution in [1.29, 1.82) is 0 Å². The molecule has 0 spiro atoms. The van der Waals surface area contributed by atoms with Crippen LogP contribution in [0.25, 0.3) is 0 Å². The van der Waals surface area contributed by atoms with Gasteiger partial charge in [0.05, 0.1) is 18.3 Å². The van der Waals surface area contributed by atoms with Crippen molar-refractivity contribution < 1.29 is 0 Å². The molecule has 0 atom stereocenters. The number of nitrogens with zero attached hydrogens (tertiary/aromatic N) is 2. The fraction of sp³-hybridized carbons (Fsp3) is 0.571. The Bertz CT molecular complexity index is 165. The molecule has 0 radical (unpaired) electrons. The summed E-state index contributed by atoms with van der Waals surface area (Å²) >= 11 is 4.39. The van der Waals surface area contributed by atoms with Crippen molar-refractivity contribution in [2.24, 2.45) is 4.99 Å². The predicted octanol–water partition coefficient (Wildman–Crippen LogP) is 0.654. The number of terminal acetylenes is 1. The van der Waals surface area contributed by atoms with E-state index in [0.717, 1.165) is 6.54 Å². The molecule has 0 aromatic rings. The lowest BCUT2D eigenvalue weighted by Crippen LogP contribution is -2.21. The highest BCUT2D eigenvalue weighted by molar-refractivity contribution is 7.78. The minimum absolute atomic E-state index is 0.660. The molecule has 0 saturated heterocycles. The van der Waals surface area contributed by atoms with Crippen LogP contribution in [-0.4, -0.2) is 36.7 Å². The van der Waals surface area contributed by atoms with Crippen molar-refractivity contribution in [3.8, 4) is 12.3 Å². The van der Waals surface area contributed by atoms with E-state index in [9.17, 15) is 0 Å². The highest BCUT2D eigenvalue weighted by atomic mass is 32.1. The van der Waals surface area contributed by atoms with E-state index >= 15 is 0 Å². The monoisotopic (exact) mass is 154 g/mol. The molecular formula is C7H10N2S. The van der Waals surface area contributed by atoms with Gasteiger partial charge >= 0.3 is 0 Å². The number of likely N-dealkylation sites (N-methyl/N-ethyl adjacent to an activating group) is 1. The number of isothiocyanates is 1. The van der Waals surface area contributed by atoms with Gasteiger partial charge in [-0.1, -0.05) is 5.92 Å². The average Bonchev–Trinajstić information content (AvgIpc) is 1.89. The van der Waals surface area contributed by atoms with Crippen molar-refractivity contribution in [3.05, 3.63) is 0 Å². The Morgan fingerprint density at radius 3 is 2.90 bits per heavy atom. The summed E-state index contributed by atoms with van der Waals surface area (Å²) in [6, 6.07) is 0. The van der Waals surface area contributed by atoms with E-state index < -0.39 is 0 Å². The van der Waals surface area contributed by atoms with Gasteiger partial charge in [-0.05, 0) is 19.3 Å². The molecule has 0 unspecified atom stereocenters. The Hall–Kier alpha value is -0.680. The van der Waals surface area contributed by atoms with E-state index in [1.54, 1.807) is 0 Å². The maximum absolute atomic E-state index is 5.08. The van der Waals surface area contributed by atoms with Gasteiger partial charge < -0.3 is 0 Å². The molecule has 0 aromatic carbocycles. The smallest absolute Gasteiger partial charge is 0.0620 e. The van der Waals surface area contributed by atoms with Crippen molar-refractivity contribution in [3.63, 3.8) is 0 Å². The van der Waals surface area contributed by atoms with Crippen molar-refractivity contribution >= 4 is 17.4 Å². The number of hydrogen-bond acceptors (Lipinski definition) is 3. The predicted molar refractivity (Wildman–Crippen MR) is 46.2 cm³/mol. The van der Waals surface area contributed by atoms with E-state index in [0.29, 0.717) is 13.1 Å². The molecule has 2 nitrogen and oxygen atoms in total. The molecule has 0 aliphatic rings. The molecular weight excluding hydrogens is 144 g/mol. The van der Waals surface area contributed by atoms with Gasteiger partial charge in [-0.25, -0.2) is 4.99 Å². The minimum Gasteiger partial charge on any atom is -0.294 e. The van der Waals surface area contributed by atoms with Gasteiger partial charge in [0.1, 0.15) is 0 Å². The molecule has 0 aromatic heterocycles. The van der Waals surface area contributed by atoms with Crippen LogP contribution < -0.4 is 0 Å². The third kappa shape index (κ3) is 5.46. The molecule has 0 amide bonds. The Morgan fingerprint density at radius 2 is 2.40 bits per heavy atom. The van der Waals surface area contributed by atoms with E-state index in [2.05, 4.69) is 28.3 Å². The molecule has 3 heteroatoms. The van der Waals surface area contributed by atoms with Crippen LogP contribution in [0.15, 0.2) is 4.99 Å². The first-order chi connectivity index (χ1) is 4.81. The van der Waals surface area contributed by atoms with E-state index in [1.165, 1.54) is 0 Å². The number of thiocarbonyl (C=S) groups is 1. The summed E-state index contributed by atoms with van der Waals surface area (Å²) in [5, 5.41) is 2.30. The normalized spacial score (nSPS) is 8.50. The summed E-state index contributed by atoms with van der Waals surface area (Å²) in [5.41, 5.74) is 0. The quantitative estimate of drug-likeness (QED) is 0.336. The van der Waals surface area contributed by atoms with Crippen molar-refractivity contribution in [1.82, 2.24) is 4.90 Å². The molecule has 0 rings (SSSR count). The van der Waals surface area contributed by atoms with E-state index in [-0.39, 0.29) is 0 Å². The van der Waals surface area contributed by atoms with Gasteiger partial charge in [-0.15, -0.1) is 6.42 Å². The lowest BCUT2D eigenvalue weighted by atomic mass is 10.5. The number of hydrogen-bond donors (Lipinski definition) is 0. The fourth-order valence-corrected chi connectivity index (χ4v) is 0.593. The topological polar surface area (TPSA) is 15.6 Å². The molecule has 0 heterocycles. The second kappa shape index (κ2) is 6.44. The van der Waals surface area contributed by atoms with Crippen LogP contribution in [0.2, 0.25) is 0 Å².